The molecule has 0 saturated carbocycles. The van der Waals surface area contributed by atoms with E-state index in [1.54, 1.807) is 6.07 Å². The minimum atomic E-state index is -0.147. The number of nitrogens with one attached hydrogen (secondary N) is 1. The Morgan fingerprint density at radius 1 is 1.60 bits per heavy atom. The SMILES string of the molecule is CC(C)c1cc[c]c(=O)[nH]1. The Hall–Kier alpha value is -1.05. The molecule has 2 heteroatoms. The van der Waals surface area contributed by atoms with Crippen molar-refractivity contribution in [1.82, 2.24) is 4.98 Å². The molecule has 1 radical (unpaired) electrons. The van der Waals surface area contributed by atoms with Crippen molar-refractivity contribution in [3.8, 4) is 0 Å². The molecule has 0 aromatic carbocycles. The van der Waals surface area contributed by atoms with E-state index in [9.17, 15) is 4.79 Å². The molecule has 0 spiro atoms. The van der Waals surface area contributed by atoms with Crippen molar-refractivity contribution in [3.05, 3.63) is 34.2 Å². The zero-order chi connectivity index (χ0) is 7.56. The van der Waals surface area contributed by atoms with Gasteiger partial charge in [0.05, 0.1) is 6.07 Å². The van der Waals surface area contributed by atoms with E-state index in [1.807, 2.05) is 19.9 Å². The third kappa shape index (κ3) is 1.47. The van der Waals surface area contributed by atoms with Crippen LogP contribution in [0.25, 0.3) is 0 Å². The van der Waals surface area contributed by atoms with E-state index in [4.69, 9.17) is 0 Å². The molecule has 53 valence electrons. The maximum Gasteiger partial charge on any atom is 0.256 e. The van der Waals surface area contributed by atoms with Gasteiger partial charge >= 0.3 is 0 Å². The lowest BCUT2D eigenvalue weighted by Crippen LogP contribution is -2.07. The predicted octanol–water partition coefficient (Wildman–Crippen LogP) is 1.30. The molecule has 0 aliphatic rings. The van der Waals surface area contributed by atoms with Gasteiger partial charge in [-0.05, 0) is 18.1 Å². The van der Waals surface area contributed by atoms with Crippen LogP contribution in [0.4, 0.5) is 0 Å². The average Bonchev–Trinajstić information content (AvgIpc) is 1.88. The normalized spacial score (nSPS) is 10.3. The third-order valence-electron chi connectivity index (χ3n) is 1.36. The lowest BCUT2D eigenvalue weighted by Gasteiger charge is -2.01. The minimum absolute atomic E-state index is 0.147. The largest absolute Gasteiger partial charge is 0.325 e. The summed E-state index contributed by atoms with van der Waals surface area (Å²) in [6.45, 7) is 4.07. The van der Waals surface area contributed by atoms with E-state index in [1.165, 1.54) is 0 Å². The summed E-state index contributed by atoms with van der Waals surface area (Å²) in [6.07, 6.45) is 0. The summed E-state index contributed by atoms with van der Waals surface area (Å²) in [6, 6.07) is 6.03. The number of H-pyrrole nitrogens is 1. The van der Waals surface area contributed by atoms with Crippen molar-refractivity contribution in [2.24, 2.45) is 0 Å². The molecule has 0 saturated heterocycles. The van der Waals surface area contributed by atoms with E-state index in [0.29, 0.717) is 5.92 Å². The second-order valence-electron chi connectivity index (χ2n) is 2.54. The Bertz CT molecular complexity index is 262. The average molecular weight is 136 g/mol. The zero-order valence-corrected chi connectivity index (χ0v) is 6.14. The molecule has 0 aliphatic carbocycles. The van der Waals surface area contributed by atoms with E-state index >= 15 is 0 Å². The number of hydrogen-bond acceptors (Lipinski definition) is 1. The molecule has 2 nitrogen and oxygen atoms in total. The fraction of sp³-hybridized carbons (Fsp3) is 0.375. The van der Waals surface area contributed by atoms with Crippen LogP contribution in [0.1, 0.15) is 25.5 Å². The monoisotopic (exact) mass is 136 g/mol. The van der Waals surface area contributed by atoms with Crippen LogP contribution in [0.15, 0.2) is 16.9 Å². The number of aromatic amines is 1. The lowest BCUT2D eigenvalue weighted by molar-refractivity contribution is 0.815. The molecular weight excluding hydrogens is 126 g/mol. The van der Waals surface area contributed by atoms with Gasteiger partial charge in [0.1, 0.15) is 0 Å². The first kappa shape index (κ1) is 7.06. The number of rotatable bonds is 1. The highest BCUT2D eigenvalue weighted by Crippen LogP contribution is 2.06. The van der Waals surface area contributed by atoms with E-state index in [0.717, 1.165) is 5.69 Å². The maximum absolute atomic E-state index is 10.7. The van der Waals surface area contributed by atoms with Crippen LogP contribution in [0.5, 0.6) is 0 Å². The van der Waals surface area contributed by atoms with Gasteiger partial charge in [-0.2, -0.15) is 0 Å². The van der Waals surface area contributed by atoms with Gasteiger partial charge in [0.15, 0.2) is 0 Å². The second-order valence-corrected chi connectivity index (χ2v) is 2.54. The van der Waals surface area contributed by atoms with Crippen molar-refractivity contribution in [2.45, 2.75) is 19.8 Å². The van der Waals surface area contributed by atoms with Crippen molar-refractivity contribution in [2.75, 3.05) is 0 Å². The summed E-state index contributed by atoms with van der Waals surface area (Å²) in [5, 5.41) is 0. The van der Waals surface area contributed by atoms with Gasteiger partial charge in [-0.15, -0.1) is 0 Å². The molecule has 0 aliphatic heterocycles. The topological polar surface area (TPSA) is 32.9 Å². The fourth-order valence-corrected chi connectivity index (χ4v) is 0.753. The van der Waals surface area contributed by atoms with Crippen molar-refractivity contribution < 1.29 is 0 Å². The molecule has 1 N–H and O–H groups in total. The maximum atomic E-state index is 10.7. The van der Waals surface area contributed by atoms with Crippen LogP contribution >= 0.6 is 0 Å². The fourth-order valence-electron chi connectivity index (χ4n) is 0.753. The van der Waals surface area contributed by atoms with Crippen LogP contribution in [0.3, 0.4) is 0 Å². The highest BCUT2D eigenvalue weighted by molar-refractivity contribution is 5.06. The molecule has 0 unspecified atom stereocenters. The van der Waals surface area contributed by atoms with E-state index < -0.39 is 0 Å². The van der Waals surface area contributed by atoms with Crippen LogP contribution in [-0.2, 0) is 0 Å². The first-order chi connectivity index (χ1) is 4.70. The van der Waals surface area contributed by atoms with Gasteiger partial charge in [0, 0.05) is 5.69 Å². The Morgan fingerprint density at radius 2 is 2.30 bits per heavy atom. The lowest BCUT2D eigenvalue weighted by atomic mass is 10.1. The molecule has 0 bridgehead atoms. The Kier molecular flexibility index (Phi) is 1.90. The van der Waals surface area contributed by atoms with Gasteiger partial charge in [0.25, 0.3) is 5.56 Å². The molecule has 0 atom stereocenters. The smallest absolute Gasteiger partial charge is 0.256 e. The third-order valence-corrected chi connectivity index (χ3v) is 1.36. The Labute approximate surface area is 59.9 Å². The summed E-state index contributed by atoms with van der Waals surface area (Å²) in [5.41, 5.74) is 0.815. The predicted molar refractivity (Wildman–Crippen MR) is 40.0 cm³/mol. The number of pyridine rings is 1. The summed E-state index contributed by atoms with van der Waals surface area (Å²) in [7, 11) is 0. The zero-order valence-electron chi connectivity index (χ0n) is 6.14. The summed E-state index contributed by atoms with van der Waals surface area (Å²) >= 11 is 0. The van der Waals surface area contributed by atoms with Gasteiger partial charge in [0.2, 0.25) is 0 Å². The number of hydrogen-bond donors (Lipinski definition) is 1. The van der Waals surface area contributed by atoms with Gasteiger partial charge in [-0.1, -0.05) is 13.8 Å². The molecule has 1 heterocycles. The summed E-state index contributed by atoms with van der Waals surface area (Å²) in [5.74, 6) is 0.377. The first-order valence-electron chi connectivity index (χ1n) is 3.31. The van der Waals surface area contributed by atoms with Gasteiger partial charge in [-0.3, -0.25) is 4.79 Å². The van der Waals surface area contributed by atoms with Crippen molar-refractivity contribution >= 4 is 0 Å². The quantitative estimate of drug-likeness (QED) is 0.620. The molecule has 1 aromatic rings. The molecule has 1 aromatic heterocycles. The van der Waals surface area contributed by atoms with Crippen LogP contribution in [0.2, 0.25) is 0 Å². The molecular formula is C8H10NO. The molecule has 1 rings (SSSR count). The van der Waals surface area contributed by atoms with Crippen molar-refractivity contribution in [1.29, 1.82) is 0 Å². The molecule has 0 fully saturated rings. The van der Waals surface area contributed by atoms with Crippen molar-refractivity contribution in [3.63, 3.8) is 0 Å². The summed E-state index contributed by atoms with van der Waals surface area (Å²) < 4.78 is 0. The highest BCUT2D eigenvalue weighted by Gasteiger charge is 1.96. The van der Waals surface area contributed by atoms with E-state index in [2.05, 4.69) is 11.1 Å². The van der Waals surface area contributed by atoms with Gasteiger partial charge < -0.3 is 4.98 Å². The second kappa shape index (κ2) is 2.69. The standard InChI is InChI=1S/C8H10NO/c1-6(2)7-4-3-5-8(10)9-7/h3-4,6H,1-2H3,(H,9,10). The summed E-state index contributed by atoms with van der Waals surface area (Å²) in [4.78, 5) is 13.4. The number of aromatic nitrogens is 1. The van der Waals surface area contributed by atoms with Crippen LogP contribution in [-0.4, -0.2) is 4.98 Å². The minimum Gasteiger partial charge on any atom is -0.325 e. The molecule has 0 amide bonds. The highest BCUT2D eigenvalue weighted by atomic mass is 16.1. The van der Waals surface area contributed by atoms with Crippen LogP contribution < -0.4 is 5.56 Å². The Balaban J connectivity index is 3.07. The molecule has 10 heavy (non-hydrogen) atoms. The van der Waals surface area contributed by atoms with Crippen LogP contribution in [0, 0.1) is 6.07 Å². The Morgan fingerprint density at radius 3 is 2.70 bits per heavy atom. The van der Waals surface area contributed by atoms with E-state index in [-0.39, 0.29) is 5.56 Å². The van der Waals surface area contributed by atoms with Gasteiger partial charge in [-0.25, -0.2) is 0 Å². The first-order valence-corrected chi connectivity index (χ1v) is 3.31.